The summed E-state index contributed by atoms with van der Waals surface area (Å²) in [6, 6.07) is 0. The van der Waals surface area contributed by atoms with E-state index in [1.54, 1.807) is 0 Å². The van der Waals surface area contributed by atoms with E-state index in [1.165, 1.54) is 0 Å². The van der Waals surface area contributed by atoms with E-state index in [0.717, 1.165) is 12.8 Å². The first-order valence-corrected chi connectivity index (χ1v) is 4.54. The molecule has 0 saturated heterocycles. The SMILES string of the molecule is NC(=O)CONC(=O)C1(N)CCCC1. The van der Waals surface area contributed by atoms with Crippen molar-refractivity contribution in [3.8, 4) is 0 Å². The summed E-state index contributed by atoms with van der Waals surface area (Å²) in [6.07, 6.45) is 3.19. The van der Waals surface area contributed by atoms with Gasteiger partial charge in [0.1, 0.15) is 0 Å². The van der Waals surface area contributed by atoms with Gasteiger partial charge in [-0.1, -0.05) is 12.8 Å². The van der Waals surface area contributed by atoms with E-state index in [2.05, 4.69) is 10.3 Å². The number of hydroxylamine groups is 1. The van der Waals surface area contributed by atoms with Crippen molar-refractivity contribution in [2.45, 2.75) is 31.2 Å². The first-order valence-electron chi connectivity index (χ1n) is 4.54. The second-order valence-corrected chi connectivity index (χ2v) is 3.55. The number of hydrogen-bond donors (Lipinski definition) is 3. The molecule has 0 heterocycles. The van der Waals surface area contributed by atoms with Crippen LogP contribution in [0.3, 0.4) is 0 Å². The summed E-state index contributed by atoms with van der Waals surface area (Å²) in [5, 5.41) is 0. The zero-order valence-electron chi connectivity index (χ0n) is 7.91. The van der Waals surface area contributed by atoms with Crippen LogP contribution in [0.4, 0.5) is 0 Å². The molecular formula is C8H15N3O3. The third-order valence-electron chi connectivity index (χ3n) is 2.33. The first-order chi connectivity index (χ1) is 6.54. The number of nitrogens with one attached hydrogen (secondary N) is 1. The highest BCUT2D eigenvalue weighted by atomic mass is 16.7. The van der Waals surface area contributed by atoms with Crippen LogP contribution in [0.25, 0.3) is 0 Å². The van der Waals surface area contributed by atoms with Crippen LogP contribution in [0.15, 0.2) is 0 Å². The van der Waals surface area contributed by atoms with Crippen LogP contribution >= 0.6 is 0 Å². The minimum atomic E-state index is -0.836. The molecule has 2 amide bonds. The standard InChI is InChI=1S/C8H15N3O3/c9-6(12)5-14-11-7(13)8(10)3-1-2-4-8/h1-5,10H2,(H2,9,12)(H,11,13). The molecule has 0 radical (unpaired) electrons. The van der Waals surface area contributed by atoms with Gasteiger partial charge in [-0.15, -0.1) is 0 Å². The van der Waals surface area contributed by atoms with Gasteiger partial charge >= 0.3 is 0 Å². The van der Waals surface area contributed by atoms with E-state index < -0.39 is 11.4 Å². The Hall–Kier alpha value is -1.14. The normalized spacial score (nSPS) is 19.2. The number of nitrogens with two attached hydrogens (primary N) is 2. The Morgan fingerprint density at radius 1 is 1.36 bits per heavy atom. The molecule has 0 aromatic heterocycles. The molecule has 0 bridgehead atoms. The zero-order valence-corrected chi connectivity index (χ0v) is 7.91. The van der Waals surface area contributed by atoms with Crippen LogP contribution in [-0.4, -0.2) is 24.0 Å². The van der Waals surface area contributed by atoms with E-state index in [9.17, 15) is 9.59 Å². The summed E-state index contributed by atoms with van der Waals surface area (Å²) in [6.45, 7) is -0.332. The van der Waals surface area contributed by atoms with E-state index in [-0.39, 0.29) is 12.5 Å². The fourth-order valence-electron chi connectivity index (χ4n) is 1.51. The zero-order chi connectivity index (χ0) is 10.6. The Bertz CT molecular complexity index is 236. The summed E-state index contributed by atoms with van der Waals surface area (Å²) in [5.41, 5.74) is 11.9. The van der Waals surface area contributed by atoms with Crippen molar-refractivity contribution in [3.05, 3.63) is 0 Å². The van der Waals surface area contributed by atoms with Gasteiger partial charge in [0, 0.05) is 0 Å². The second kappa shape index (κ2) is 4.39. The molecule has 0 aliphatic heterocycles. The third-order valence-corrected chi connectivity index (χ3v) is 2.33. The molecule has 0 spiro atoms. The highest BCUT2D eigenvalue weighted by molar-refractivity contribution is 5.85. The van der Waals surface area contributed by atoms with E-state index in [4.69, 9.17) is 11.5 Å². The lowest BCUT2D eigenvalue weighted by atomic mass is 9.99. The average molecular weight is 201 g/mol. The second-order valence-electron chi connectivity index (χ2n) is 3.55. The summed E-state index contributed by atoms with van der Waals surface area (Å²) >= 11 is 0. The highest BCUT2D eigenvalue weighted by Gasteiger charge is 2.37. The maximum absolute atomic E-state index is 11.4. The molecule has 0 unspecified atom stereocenters. The Morgan fingerprint density at radius 3 is 2.43 bits per heavy atom. The predicted octanol–water partition coefficient (Wildman–Crippen LogP) is -1.21. The van der Waals surface area contributed by atoms with Crippen LogP contribution in [0.2, 0.25) is 0 Å². The van der Waals surface area contributed by atoms with Crippen molar-refractivity contribution in [2.24, 2.45) is 11.5 Å². The summed E-state index contributed by atoms with van der Waals surface area (Å²) in [5.74, 6) is -1.01. The molecule has 1 saturated carbocycles. The number of carbonyl (C=O) groups excluding carboxylic acids is 2. The van der Waals surface area contributed by atoms with Gasteiger partial charge in [-0.05, 0) is 12.8 Å². The minimum absolute atomic E-state index is 0.332. The number of primary amides is 1. The fraction of sp³-hybridized carbons (Fsp3) is 0.750. The van der Waals surface area contributed by atoms with Crippen molar-refractivity contribution >= 4 is 11.8 Å². The summed E-state index contributed by atoms with van der Waals surface area (Å²) < 4.78 is 0. The van der Waals surface area contributed by atoms with E-state index in [1.807, 2.05) is 0 Å². The average Bonchev–Trinajstić information content (AvgIpc) is 2.52. The lowest BCUT2D eigenvalue weighted by Gasteiger charge is -2.21. The van der Waals surface area contributed by atoms with Crippen molar-refractivity contribution < 1.29 is 14.4 Å². The lowest BCUT2D eigenvalue weighted by molar-refractivity contribution is -0.142. The van der Waals surface area contributed by atoms with Crippen molar-refractivity contribution in [1.82, 2.24) is 5.48 Å². The molecule has 80 valence electrons. The molecule has 1 rings (SSSR count). The predicted molar refractivity (Wildman–Crippen MR) is 48.7 cm³/mol. The van der Waals surface area contributed by atoms with Gasteiger partial charge < -0.3 is 11.5 Å². The molecule has 6 nitrogen and oxygen atoms in total. The number of amides is 2. The Kier molecular flexibility index (Phi) is 3.43. The van der Waals surface area contributed by atoms with Crippen molar-refractivity contribution in [2.75, 3.05) is 6.61 Å². The molecule has 1 fully saturated rings. The topological polar surface area (TPSA) is 107 Å². The molecule has 0 aromatic carbocycles. The lowest BCUT2D eigenvalue weighted by Crippen LogP contribution is -2.52. The smallest absolute Gasteiger partial charge is 0.263 e. The van der Waals surface area contributed by atoms with Crippen LogP contribution in [0, 0.1) is 0 Å². The Labute approximate surface area is 81.9 Å². The van der Waals surface area contributed by atoms with Gasteiger partial charge in [-0.3, -0.25) is 14.4 Å². The Morgan fingerprint density at radius 2 is 1.93 bits per heavy atom. The number of hydrogen-bond acceptors (Lipinski definition) is 4. The maximum atomic E-state index is 11.4. The molecule has 6 heteroatoms. The molecule has 1 aliphatic carbocycles. The number of rotatable bonds is 4. The van der Waals surface area contributed by atoms with Gasteiger partial charge in [0.15, 0.2) is 6.61 Å². The molecule has 1 aliphatic rings. The van der Waals surface area contributed by atoms with Gasteiger partial charge in [0.05, 0.1) is 5.54 Å². The molecule has 5 N–H and O–H groups in total. The number of carbonyl (C=O) groups is 2. The quantitative estimate of drug-likeness (QED) is 0.496. The van der Waals surface area contributed by atoms with Gasteiger partial charge in [-0.2, -0.15) is 0 Å². The van der Waals surface area contributed by atoms with Gasteiger partial charge in [0.2, 0.25) is 5.91 Å². The van der Waals surface area contributed by atoms with Gasteiger partial charge in [0.25, 0.3) is 5.91 Å². The van der Waals surface area contributed by atoms with E-state index >= 15 is 0 Å². The van der Waals surface area contributed by atoms with Crippen LogP contribution in [0.1, 0.15) is 25.7 Å². The highest BCUT2D eigenvalue weighted by Crippen LogP contribution is 2.26. The monoisotopic (exact) mass is 201 g/mol. The van der Waals surface area contributed by atoms with E-state index in [0.29, 0.717) is 12.8 Å². The van der Waals surface area contributed by atoms with Crippen LogP contribution < -0.4 is 16.9 Å². The molecule has 14 heavy (non-hydrogen) atoms. The first kappa shape index (κ1) is 10.9. The molecule has 0 aromatic rings. The molecular weight excluding hydrogens is 186 g/mol. The van der Waals surface area contributed by atoms with Crippen LogP contribution in [-0.2, 0) is 14.4 Å². The summed E-state index contributed by atoms with van der Waals surface area (Å²) in [7, 11) is 0. The van der Waals surface area contributed by atoms with Crippen molar-refractivity contribution in [1.29, 1.82) is 0 Å². The van der Waals surface area contributed by atoms with Crippen LogP contribution in [0.5, 0.6) is 0 Å². The van der Waals surface area contributed by atoms with Gasteiger partial charge in [-0.25, -0.2) is 5.48 Å². The fourth-order valence-corrected chi connectivity index (χ4v) is 1.51. The minimum Gasteiger partial charge on any atom is -0.368 e. The Balaban J connectivity index is 2.30. The largest absolute Gasteiger partial charge is 0.368 e. The molecule has 0 atom stereocenters. The van der Waals surface area contributed by atoms with Crippen molar-refractivity contribution in [3.63, 3.8) is 0 Å². The third kappa shape index (κ3) is 2.68. The maximum Gasteiger partial charge on any atom is 0.263 e. The summed E-state index contributed by atoms with van der Waals surface area (Å²) in [4.78, 5) is 26.3.